The molecule has 1 aliphatic carbocycles. The molecular formula is C12H19NO3S2. The fraction of sp³-hybridized carbons (Fsp3) is 0.833. The van der Waals surface area contributed by atoms with E-state index in [9.17, 15) is 9.59 Å². The number of nitrogens with one attached hydrogen (secondary N) is 1. The molecule has 1 unspecified atom stereocenters. The van der Waals surface area contributed by atoms with Crippen molar-refractivity contribution in [2.75, 3.05) is 23.8 Å². The molecule has 2 aliphatic rings. The summed E-state index contributed by atoms with van der Waals surface area (Å²) in [6.45, 7) is 0.680. The van der Waals surface area contributed by atoms with E-state index in [1.54, 1.807) is 0 Å². The minimum Gasteiger partial charge on any atom is -0.481 e. The molecule has 0 aromatic carbocycles. The minimum absolute atomic E-state index is 0.0592. The molecule has 0 aromatic heterocycles. The largest absolute Gasteiger partial charge is 0.481 e. The third-order valence-electron chi connectivity index (χ3n) is 3.56. The number of hydrogen-bond donors (Lipinski definition) is 2. The highest BCUT2D eigenvalue weighted by molar-refractivity contribution is 8.06. The molecule has 0 aromatic rings. The van der Waals surface area contributed by atoms with Gasteiger partial charge in [0.15, 0.2) is 0 Å². The molecule has 102 valence electrons. The third kappa shape index (κ3) is 3.57. The number of hydrogen-bond acceptors (Lipinski definition) is 4. The van der Waals surface area contributed by atoms with Gasteiger partial charge in [-0.15, -0.1) is 0 Å². The molecular weight excluding hydrogens is 270 g/mol. The van der Waals surface area contributed by atoms with E-state index in [1.165, 1.54) is 5.75 Å². The molecule has 0 spiro atoms. The molecule has 3 atom stereocenters. The Morgan fingerprint density at radius 1 is 1.22 bits per heavy atom. The Morgan fingerprint density at radius 3 is 2.67 bits per heavy atom. The number of thioether (sulfide) groups is 2. The van der Waals surface area contributed by atoms with E-state index in [2.05, 4.69) is 5.32 Å². The van der Waals surface area contributed by atoms with Gasteiger partial charge in [0.05, 0.1) is 11.8 Å². The van der Waals surface area contributed by atoms with Gasteiger partial charge in [-0.25, -0.2) is 0 Å². The summed E-state index contributed by atoms with van der Waals surface area (Å²) in [4.78, 5) is 23.0. The highest BCUT2D eigenvalue weighted by Gasteiger charge is 2.37. The molecule has 6 heteroatoms. The maximum atomic E-state index is 12.0. The average Bonchev–Trinajstić information content (AvgIpc) is 2.86. The molecule has 2 rings (SSSR count). The third-order valence-corrected chi connectivity index (χ3v) is 6.40. The van der Waals surface area contributed by atoms with E-state index in [1.807, 2.05) is 23.5 Å². The molecule has 1 saturated carbocycles. The van der Waals surface area contributed by atoms with Gasteiger partial charge in [-0.2, -0.15) is 23.5 Å². The maximum absolute atomic E-state index is 12.0. The molecule has 18 heavy (non-hydrogen) atoms. The number of amides is 1. The molecule has 1 saturated heterocycles. The van der Waals surface area contributed by atoms with Gasteiger partial charge in [-0.05, 0) is 12.8 Å². The second kappa shape index (κ2) is 6.70. The minimum atomic E-state index is -0.824. The summed E-state index contributed by atoms with van der Waals surface area (Å²) in [5.74, 6) is 1.75. The number of carboxylic acids is 1. The molecule has 1 heterocycles. The molecule has 4 nitrogen and oxygen atoms in total. The highest BCUT2D eigenvalue weighted by atomic mass is 32.2. The lowest BCUT2D eigenvalue weighted by molar-refractivity contribution is -0.146. The SMILES string of the molecule is O=C(O)[C@H]1CCC[C@H]1C(=O)NCC1CSCCS1. The van der Waals surface area contributed by atoms with Crippen LogP contribution in [-0.4, -0.2) is 46.0 Å². The van der Waals surface area contributed by atoms with Crippen LogP contribution in [-0.2, 0) is 9.59 Å². The van der Waals surface area contributed by atoms with Crippen LogP contribution in [0.1, 0.15) is 19.3 Å². The van der Waals surface area contributed by atoms with Gasteiger partial charge in [0.2, 0.25) is 5.91 Å². The van der Waals surface area contributed by atoms with Crippen molar-refractivity contribution < 1.29 is 14.7 Å². The second-order valence-electron chi connectivity index (χ2n) is 4.79. The van der Waals surface area contributed by atoms with Crippen molar-refractivity contribution in [3.8, 4) is 0 Å². The van der Waals surface area contributed by atoms with Crippen LogP contribution in [0.15, 0.2) is 0 Å². The first-order valence-corrected chi connectivity index (χ1v) is 8.58. The van der Waals surface area contributed by atoms with Gasteiger partial charge in [-0.1, -0.05) is 6.42 Å². The van der Waals surface area contributed by atoms with Crippen LogP contribution in [0.3, 0.4) is 0 Å². The first-order valence-electron chi connectivity index (χ1n) is 6.38. The maximum Gasteiger partial charge on any atom is 0.307 e. The molecule has 2 fully saturated rings. The van der Waals surface area contributed by atoms with E-state index < -0.39 is 11.9 Å². The number of carboxylic acid groups (broad SMARTS) is 1. The Bertz CT molecular complexity index is 318. The Kier molecular flexibility index (Phi) is 5.24. The zero-order valence-corrected chi connectivity index (χ0v) is 11.9. The van der Waals surface area contributed by atoms with Crippen molar-refractivity contribution in [1.82, 2.24) is 5.32 Å². The smallest absolute Gasteiger partial charge is 0.307 e. The number of carbonyl (C=O) groups excluding carboxylic acids is 1. The Morgan fingerprint density at radius 2 is 2.00 bits per heavy atom. The Hall–Kier alpha value is -0.360. The molecule has 1 aliphatic heterocycles. The zero-order valence-electron chi connectivity index (χ0n) is 10.3. The summed E-state index contributed by atoms with van der Waals surface area (Å²) < 4.78 is 0. The van der Waals surface area contributed by atoms with Gasteiger partial charge >= 0.3 is 5.97 Å². The van der Waals surface area contributed by atoms with Gasteiger partial charge in [-0.3, -0.25) is 9.59 Å². The van der Waals surface area contributed by atoms with Crippen molar-refractivity contribution >= 4 is 35.4 Å². The quantitative estimate of drug-likeness (QED) is 0.820. The number of aliphatic carboxylic acids is 1. The van der Waals surface area contributed by atoms with Gasteiger partial charge in [0.25, 0.3) is 0 Å². The monoisotopic (exact) mass is 289 g/mol. The summed E-state index contributed by atoms with van der Waals surface area (Å²) in [6, 6.07) is 0. The van der Waals surface area contributed by atoms with Crippen molar-refractivity contribution in [3.05, 3.63) is 0 Å². The van der Waals surface area contributed by atoms with Crippen molar-refractivity contribution in [2.24, 2.45) is 11.8 Å². The first kappa shape index (κ1) is 14.1. The summed E-state index contributed by atoms with van der Waals surface area (Å²) in [7, 11) is 0. The van der Waals surface area contributed by atoms with Gasteiger partial charge < -0.3 is 10.4 Å². The summed E-state index contributed by atoms with van der Waals surface area (Å²) in [5.41, 5.74) is 0. The topological polar surface area (TPSA) is 66.4 Å². The fourth-order valence-electron chi connectivity index (χ4n) is 2.57. The van der Waals surface area contributed by atoms with E-state index >= 15 is 0 Å². The molecule has 0 bridgehead atoms. The van der Waals surface area contributed by atoms with Crippen molar-refractivity contribution in [3.63, 3.8) is 0 Å². The molecule has 0 radical (unpaired) electrons. The number of rotatable bonds is 4. The standard InChI is InChI=1S/C12H19NO3S2/c14-11(9-2-1-3-10(9)12(15)16)13-6-8-7-17-4-5-18-8/h8-10H,1-7H2,(H,13,14)(H,15,16)/t8?,9-,10+/m1/s1. The van der Waals surface area contributed by atoms with Crippen LogP contribution in [0.5, 0.6) is 0 Å². The van der Waals surface area contributed by atoms with Crippen LogP contribution in [0, 0.1) is 11.8 Å². The lowest BCUT2D eigenvalue weighted by Crippen LogP contribution is -2.39. The van der Waals surface area contributed by atoms with E-state index in [0.717, 1.165) is 24.3 Å². The predicted molar refractivity (Wildman–Crippen MR) is 75.0 cm³/mol. The van der Waals surface area contributed by atoms with E-state index in [4.69, 9.17) is 5.11 Å². The van der Waals surface area contributed by atoms with Crippen LogP contribution < -0.4 is 5.32 Å². The number of carbonyl (C=O) groups is 2. The second-order valence-corrected chi connectivity index (χ2v) is 7.35. The molecule has 2 N–H and O–H groups in total. The lowest BCUT2D eigenvalue weighted by atomic mass is 9.95. The normalized spacial score (nSPS) is 32.1. The fourth-order valence-corrected chi connectivity index (χ4v) is 5.18. The van der Waals surface area contributed by atoms with E-state index in [0.29, 0.717) is 18.2 Å². The van der Waals surface area contributed by atoms with Crippen LogP contribution >= 0.6 is 23.5 Å². The summed E-state index contributed by atoms with van der Waals surface area (Å²) >= 11 is 3.83. The van der Waals surface area contributed by atoms with E-state index in [-0.39, 0.29) is 11.8 Å². The predicted octanol–water partition coefficient (Wildman–Crippen LogP) is 1.45. The lowest BCUT2D eigenvalue weighted by Gasteiger charge is -2.22. The van der Waals surface area contributed by atoms with Crippen molar-refractivity contribution in [2.45, 2.75) is 24.5 Å². The van der Waals surface area contributed by atoms with Crippen LogP contribution in [0.2, 0.25) is 0 Å². The van der Waals surface area contributed by atoms with Gasteiger partial charge in [0, 0.05) is 29.1 Å². The van der Waals surface area contributed by atoms with Crippen LogP contribution in [0.4, 0.5) is 0 Å². The molecule has 1 amide bonds. The van der Waals surface area contributed by atoms with Crippen molar-refractivity contribution in [1.29, 1.82) is 0 Å². The zero-order chi connectivity index (χ0) is 13.0. The van der Waals surface area contributed by atoms with Crippen LogP contribution in [0.25, 0.3) is 0 Å². The summed E-state index contributed by atoms with van der Waals surface area (Å²) in [5, 5.41) is 12.5. The first-order chi connectivity index (χ1) is 8.68. The average molecular weight is 289 g/mol. The summed E-state index contributed by atoms with van der Waals surface area (Å²) in [6.07, 6.45) is 2.21. The Labute approximate surface area is 116 Å². The Balaban J connectivity index is 1.78. The highest BCUT2D eigenvalue weighted by Crippen LogP contribution is 2.32. The van der Waals surface area contributed by atoms with Gasteiger partial charge in [0.1, 0.15) is 0 Å².